The molecule has 0 fully saturated rings. The van der Waals surface area contributed by atoms with E-state index in [1.165, 1.54) is 29.4 Å². The Hall–Kier alpha value is -3.62. The SMILES string of the molecule is Cc1c(C#N)c(NC(=O)COC(=O)CSc2ncnc3sccc23)n(Cc2ccco2)c1C. The number of fused-ring (bicyclic) bond motifs is 1. The maximum absolute atomic E-state index is 12.5. The monoisotopic (exact) mass is 481 g/mol. The second kappa shape index (κ2) is 9.89. The zero-order chi connectivity index (χ0) is 23.4. The van der Waals surface area contributed by atoms with Gasteiger partial charge < -0.3 is 19.0 Å². The van der Waals surface area contributed by atoms with Crippen molar-refractivity contribution in [2.24, 2.45) is 0 Å². The molecule has 0 spiro atoms. The topological polar surface area (TPSA) is 123 Å². The number of hydrogen-bond donors (Lipinski definition) is 1. The number of thiophene rings is 1. The van der Waals surface area contributed by atoms with E-state index in [0.29, 0.717) is 28.7 Å². The third kappa shape index (κ3) is 4.92. The van der Waals surface area contributed by atoms with Gasteiger partial charge in [-0.05, 0) is 43.0 Å². The highest BCUT2D eigenvalue weighted by atomic mass is 32.2. The zero-order valence-electron chi connectivity index (χ0n) is 17.8. The van der Waals surface area contributed by atoms with Gasteiger partial charge in [0.2, 0.25) is 0 Å². The van der Waals surface area contributed by atoms with Gasteiger partial charge in [0.15, 0.2) is 6.61 Å². The smallest absolute Gasteiger partial charge is 0.316 e. The van der Waals surface area contributed by atoms with E-state index in [0.717, 1.165) is 21.5 Å². The Morgan fingerprint density at radius 2 is 2.18 bits per heavy atom. The molecule has 1 amide bonds. The fourth-order valence-corrected chi connectivity index (χ4v) is 4.83. The summed E-state index contributed by atoms with van der Waals surface area (Å²) in [6.45, 7) is 3.57. The number of nitriles is 1. The minimum Gasteiger partial charge on any atom is -0.467 e. The quantitative estimate of drug-likeness (QED) is 0.228. The van der Waals surface area contributed by atoms with Crippen LogP contribution in [0.4, 0.5) is 5.82 Å². The summed E-state index contributed by atoms with van der Waals surface area (Å²) in [7, 11) is 0. The van der Waals surface area contributed by atoms with Gasteiger partial charge in [-0.15, -0.1) is 11.3 Å². The summed E-state index contributed by atoms with van der Waals surface area (Å²) in [6, 6.07) is 7.62. The fraction of sp³-hybridized carbons (Fsp3) is 0.227. The molecular formula is C22H19N5O4S2. The van der Waals surface area contributed by atoms with Crippen LogP contribution in [0.25, 0.3) is 10.2 Å². The van der Waals surface area contributed by atoms with E-state index in [9.17, 15) is 14.9 Å². The number of carbonyl (C=O) groups is 2. The van der Waals surface area contributed by atoms with Crippen molar-refractivity contribution in [3.05, 3.63) is 58.8 Å². The zero-order valence-corrected chi connectivity index (χ0v) is 19.5. The van der Waals surface area contributed by atoms with Crippen molar-refractivity contribution in [2.75, 3.05) is 17.7 Å². The van der Waals surface area contributed by atoms with Crippen molar-refractivity contribution < 1.29 is 18.7 Å². The van der Waals surface area contributed by atoms with Gasteiger partial charge in [-0.2, -0.15) is 5.26 Å². The molecule has 0 aromatic carbocycles. The van der Waals surface area contributed by atoms with E-state index in [2.05, 4.69) is 21.4 Å². The molecule has 0 bridgehead atoms. The van der Waals surface area contributed by atoms with Crippen LogP contribution in [0.3, 0.4) is 0 Å². The maximum Gasteiger partial charge on any atom is 0.316 e. The Labute approximate surface area is 197 Å². The number of ether oxygens (including phenoxy) is 1. The average molecular weight is 482 g/mol. The average Bonchev–Trinajstić information content (AvgIpc) is 3.54. The van der Waals surface area contributed by atoms with Gasteiger partial charge in [0.05, 0.1) is 24.1 Å². The lowest BCUT2D eigenvalue weighted by Crippen LogP contribution is -2.23. The molecule has 0 atom stereocenters. The highest BCUT2D eigenvalue weighted by molar-refractivity contribution is 8.00. The first kappa shape index (κ1) is 22.6. The Bertz CT molecular complexity index is 1350. The fourth-order valence-electron chi connectivity index (χ4n) is 3.25. The number of hydrogen-bond acceptors (Lipinski definition) is 9. The van der Waals surface area contributed by atoms with Crippen LogP contribution in [0, 0.1) is 25.2 Å². The molecule has 0 saturated heterocycles. The summed E-state index contributed by atoms with van der Waals surface area (Å²) in [5.41, 5.74) is 1.95. The number of amides is 1. The lowest BCUT2D eigenvalue weighted by atomic mass is 10.2. The van der Waals surface area contributed by atoms with Crippen molar-refractivity contribution >= 4 is 51.0 Å². The predicted molar refractivity (Wildman–Crippen MR) is 124 cm³/mol. The molecule has 0 unspecified atom stereocenters. The van der Waals surface area contributed by atoms with E-state index in [1.54, 1.807) is 16.9 Å². The minimum absolute atomic E-state index is 0.00573. The van der Waals surface area contributed by atoms with Crippen molar-refractivity contribution in [3.8, 4) is 6.07 Å². The van der Waals surface area contributed by atoms with E-state index in [4.69, 9.17) is 9.15 Å². The van der Waals surface area contributed by atoms with Crippen LogP contribution in [0.1, 0.15) is 22.6 Å². The molecule has 9 nitrogen and oxygen atoms in total. The van der Waals surface area contributed by atoms with E-state index < -0.39 is 18.5 Å². The first-order valence-corrected chi connectivity index (χ1v) is 11.7. The van der Waals surface area contributed by atoms with E-state index >= 15 is 0 Å². The lowest BCUT2D eigenvalue weighted by molar-refractivity contribution is -0.144. The van der Waals surface area contributed by atoms with Crippen LogP contribution >= 0.6 is 23.1 Å². The summed E-state index contributed by atoms with van der Waals surface area (Å²) in [5.74, 6) is -0.0476. The number of nitrogens with one attached hydrogen (secondary N) is 1. The van der Waals surface area contributed by atoms with Crippen molar-refractivity contribution in [1.29, 1.82) is 5.26 Å². The number of furan rings is 1. The van der Waals surface area contributed by atoms with E-state index in [-0.39, 0.29) is 5.75 Å². The van der Waals surface area contributed by atoms with Crippen molar-refractivity contribution in [3.63, 3.8) is 0 Å². The Morgan fingerprint density at radius 3 is 2.94 bits per heavy atom. The summed E-state index contributed by atoms with van der Waals surface area (Å²) < 4.78 is 12.3. The molecule has 4 heterocycles. The predicted octanol–water partition coefficient (Wildman–Crippen LogP) is 3.90. The standard InChI is InChI=1S/C22H19N5O4S2/c1-13-14(2)27(9-15-4-3-6-30-15)20(17(13)8-23)26-18(28)10-31-19(29)11-33-22-16-5-7-32-21(16)24-12-25-22/h3-7,12H,9-11H2,1-2H3,(H,26,28). The molecule has 0 saturated carbocycles. The van der Waals surface area contributed by atoms with Crippen LogP contribution in [0.2, 0.25) is 0 Å². The molecule has 0 aliphatic heterocycles. The second-order valence-corrected chi connectivity index (χ2v) is 8.89. The van der Waals surface area contributed by atoms with Gasteiger partial charge in [0, 0.05) is 11.1 Å². The van der Waals surface area contributed by atoms with Gasteiger partial charge in [0.25, 0.3) is 5.91 Å². The van der Waals surface area contributed by atoms with Gasteiger partial charge in [-0.1, -0.05) is 11.8 Å². The van der Waals surface area contributed by atoms with Gasteiger partial charge in [-0.3, -0.25) is 9.59 Å². The summed E-state index contributed by atoms with van der Waals surface area (Å²) in [6.07, 6.45) is 3.02. The molecule has 0 radical (unpaired) electrons. The minimum atomic E-state index is -0.545. The normalized spacial score (nSPS) is 10.8. The summed E-state index contributed by atoms with van der Waals surface area (Å²) in [5, 5.41) is 15.8. The lowest BCUT2D eigenvalue weighted by Gasteiger charge is -2.12. The third-order valence-electron chi connectivity index (χ3n) is 5.01. The Balaban J connectivity index is 1.37. The first-order chi connectivity index (χ1) is 16.0. The molecular weight excluding hydrogens is 462 g/mol. The number of esters is 1. The Morgan fingerprint density at radius 1 is 1.33 bits per heavy atom. The number of anilines is 1. The summed E-state index contributed by atoms with van der Waals surface area (Å²) in [4.78, 5) is 33.9. The molecule has 0 aliphatic rings. The van der Waals surface area contributed by atoms with Crippen molar-refractivity contribution in [1.82, 2.24) is 14.5 Å². The molecule has 4 rings (SSSR count). The van der Waals surface area contributed by atoms with Crippen LogP contribution in [-0.4, -0.2) is 38.8 Å². The van der Waals surface area contributed by atoms with Gasteiger partial charge in [0.1, 0.15) is 33.8 Å². The second-order valence-electron chi connectivity index (χ2n) is 7.03. The van der Waals surface area contributed by atoms with Crippen LogP contribution in [0.5, 0.6) is 0 Å². The maximum atomic E-state index is 12.5. The molecule has 4 aromatic heterocycles. The van der Waals surface area contributed by atoms with Crippen molar-refractivity contribution in [2.45, 2.75) is 25.4 Å². The largest absolute Gasteiger partial charge is 0.467 e. The Kier molecular flexibility index (Phi) is 6.76. The number of carbonyl (C=O) groups excluding carboxylic acids is 2. The number of nitrogens with zero attached hydrogens (tertiary/aromatic N) is 4. The van der Waals surface area contributed by atoms with Gasteiger partial charge >= 0.3 is 5.97 Å². The molecule has 11 heteroatoms. The van der Waals surface area contributed by atoms with Gasteiger partial charge in [-0.25, -0.2) is 9.97 Å². The van der Waals surface area contributed by atoms with Crippen LogP contribution < -0.4 is 5.32 Å². The third-order valence-corrected chi connectivity index (χ3v) is 6.81. The molecule has 0 aliphatic carbocycles. The highest BCUT2D eigenvalue weighted by Gasteiger charge is 2.21. The summed E-state index contributed by atoms with van der Waals surface area (Å²) >= 11 is 2.72. The molecule has 168 valence electrons. The number of rotatable bonds is 8. The van der Waals surface area contributed by atoms with Crippen LogP contribution in [0.15, 0.2) is 45.6 Å². The van der Waals surface area contributed by atoms with Crippen LogP contribution in [-0.2, 0) is 20.9 Å². The number of thioether (sulfide) groups is 1. The van der Waals surface area contributed by atoms with E-state index in [1.807, 2.05) is 31.4 Å². The number of aromatic nitrogens is 3. The molecule has 1 N–H and O–H groups in total. The highest BCUT2D eigenvalue weighted by Crippen LogP contribution is 2.28. The molecule has 33 heavy (non-hydrogen) atoms. The molecule has 4 aromatic rings. The first-order valence-electron chi connectivity index (χ1n) is 9.86.